The molecule has 164 valence electrons. The second-order valence-corrected chi connectivity index (χ2v) is 8.68. The summed E-state index contributed by atoms with van der Waals surface area (Å²) < 4.78 is 49.0. The van der Waals surface area contributed by atoms with E-state index in [-0.39, 0.29) is 41.8 Å². The van der Waals surface area contributed by atoms with Crippen molar-refractivity contribution in [3.63, 3.8) is 0 Å². The van der Waals surface area contributed by atoms with Gasteiger partial charge in [-0.15, -0.1) is 0 Å². The monoisotopic (exact) mass is 446 g/mol. The van der Waals surface area contributed by atoms with Gasteiger partial charge < -0.3 is 24.3 Å². The molecule has 31 heavy (non-hydrogen) atoms. The van der Waals surface area contributed by atoms with E-state index in [1.807, 2.05) is 18.2 Å². The van der Waals surface area contributed by atoms with E-state index in [1.165, 1.54) is 28.8 Å². The molecule has 0 radical (unpaired) electrons. The molecule has 2 aromatic carbocycles. The molecule has 0 aliphatic carbocycles. The third-order valence-corrected chi connectivity index (χ3v) is 6.55. The van der Waals surface area contributed by atoms with Crippen LogP contribution in [0.25, 0.3) is 0 Å². The van der Waals surface area contributed by atoms with E-state index < -0.39 is 15.9 Å². The Morgan fingerprint density at radius 2 is 1.77 bits per heavy atom. The Morgan fingerprint density at radius 1 is 1.00 bits per heavy atom. The molecule has 9 nitrogen and oxygen atoms in total. The Bertz CT molecular complexity index is 1060. The molecule has 2 aliphatic heterocycles. The summed E-state index contributed by atoms with van der Waals surface area (Å²) in [6.07, 6.45) is 1.23. The standard InChI is InChI=1S/C21H22N2O7S/c24-21(20-15-28-12-13-29-20)22-18-14-17(31(25,26)23-8-10-27-11-9-23)6-7-19(18)30-16-4-2-1-3-5-16/h1-7,14-15H,8-13H2,(H,22,24). The number of hydrogen-bond acceptors (Lipinski definition) is 7. The van der Waals surface area contributed by atoms with Gasteiger partial charge >= 0.3 is 0 Å². The summed E-state index contributed by atoms with van der Waals surface area (Å²) in [6.45, 7) is 1.81. The molecule has 2 aromatic rings. The maximum absolute atomic E-state index is 13.1. The van der Waals surface area contributed by atoms with Crippen LogP contribution in [0, 0.1) is 0 Å². The SMILES string of the molecule is O=C(Nc1cc(S(=O)(=O)N2CCOCC2)ccc1Oc1ccccc1)C1=COCCO1. The molecule has 1 saturated heterocycles. The summed E-state index contributed by atoms with van der Waals surface area (Å²) in [5, 5.41) is 2.67. The first-order valence-electron chi connectivity index (χ1n) is 9.75. The number of morpholine rings is 1. The first-order chi connectivity index (χ1) is 15.0. The van der Waals surface area contributed by atoms with Crippen molar-refractivity contribution in [1.82, 2.24) is 4.31 Å². The van der Waals surface area contributed by atoms with Gasteiger partial charge in [-0.3, -0.25) is 4.79 Å². The van der Waals surface area contributed by atoms with Crippen LogP contribution in [0.15, 0.2) is 65.4 Å². The minimum absolute atomic E-state index is 0.00153. The van der Waals surface area contributed by atoms with E-state index in [9.17, 15) is 13.2 Å². The second kappa shape index (κ2) is 9.38. The fraction of sp³-hybridized carbons (Fsp3) is 0.286. The zero-order valence-corrected chi connectivity index (χ0v) is 17.5. The molecule has 1 N–H and O–H groups in total. The summed E-state index contributed by atoms with van der Waals surface area (Å²) >= 11 is 0. The number of anilines is 1. The van der Waals surface area contributed by atoms with Crippen LogP contribution < -0.4 is 10.1 Å². The van der Waals surface area contributed by atoms with E-state index in [0.29, 0.717) is 25.6 Å². The number of ether oxygens (including phenoxy) is 4. The van der Waals surface area contributed by atoms with Crippen LogP contribution in [0.1, 0.15) is 0 Å². The maximum Gasteiger partial charge on any atom is 0.294 e. The Hall–Kier alpha value is -3.08. The van der Waals surface area contributed by atoms with Gasteiger partial charge in [0.05, 0.1) is 23.8 Å². The Kier molecular flexibility index (Phi) is 6.40. The Labute approximate surface area is 180 Å². The number of para-hydroxylation sites is 1. The lowest BCUT2D eigenvalue weighted by molar-refractivity contribution is -0.117. The molecule has 0 aromatic heterocycles. The van der Waals surface area contributed by atoms with Crippen molar-refractivity contribution in [2.24, 2.45) is 0 Å². The third kappa shape index (κ3) is 4.98. The minimum atomic E-state index is -3.76. The van der Waals surface area contributed by atoms with Gasteiger partial charge in [-0.1, -0.05) is 18.2 Å². The number of nitrogens with one attached hydrogen (secondary N) is 1. The number of nitrogens with zero attached hydrogens (tertiary/aromatic N) is 1. The van der Waals surface area contributed by atoms with Gasteiger partial charge in [0.25, 0.3) is 5.91 Å². The lowest BCUT2D eigenvalue weighted by Gasteiger charge is -2.26. The number of benzene rings is 2. The molecule has 0 spiro atoms. The van der Waals surface area contributed by atoms with Crippen LogP contribution >= 0.6 is 0 Å². The van der Waals surface area contributed by atoms with Crippen LogP contribution in [0.2, 0.25) is 0 Å². The first kappa shape index (κ1) is 21.2. The summed E-state index contributed by atoms with van der Waals surface area (Å²) in [6, 6.07) is 13.3. The number of carbonyl (C=O) groups is 1. The molecule has 1 fully saturated rings. The number of hydrogen-bond donors (Lipinski definition) is 1. The highest BCUT2D eigenvalue weighted by atomic mass is 32.2. The summed E-state index contributed by atoms with van der Waals surface area (Å²) in [4.78, 5) is 12.7. The van der Waals surface area contributed by atoms with Crippen molar-refractivity contribution in [3.05, 3.63) is 60.6 Å². The van der Waals surface area contributed by atoms with Crippen molar-refractivity contribution in [3.8, 4) is 11.5 Å². The lowest BCUT2D eigenvalue weighted by Crippen LogP contribution is -2.40. The number of carbonyl (C=O) groups excluding carboxylic acids is 1. The highest BCUT2D eigenvalue weighted by molar-refractivity contribution is 7.89. The zero-order chi connectivity index (χ0) is 21.7. The van der Waals surface area contributed by atoms with Gasteiger partial charge in [-0.2, -0.15) is 4.31 Å². The van der Waals surface area contributed by atoms with Gasteiger partial charge in [-0.05, 0) is 30.3 Å². The van der Waals surface area contributed by atoms with Crippen LogP contribution in [-0.4, -0.2) is 58.1 Å². The summed E-state index contributed by atoms with van der Waals surface area (Å²) in [5.74, 6) is 0.257. The lowest BCUT2D eigenvalue weighted by atomic mass is 10.2. The van der Waals surface area contributed by atoms with Gasteiger partial charge in [0.1, 0.15) is 25.2 Å². The van der Waals surface area contributed by atoms with Gasteiger partial charge in [0.2, 0.25) is 15.8 Å². The molecule has 0 atom stereocenters. The number of rotatable bonds is 6. The zero-order valence-electron chi connectivity index (χ0n) is 16.7. The average molecular weight is 446 g/mol. The molecule has 2 aliphatic rings. The van der Waals surface area contributed by atoms with Crippen molar-refractivity contribution in [2.45, 2.75) is 4.90 Å². The fourth-order valence-corrected chi connectivity index (χ4v) is 4.51. The van der Waals surface area contributed by atoms with E-state index in [1.54, 1.807) is 12.1 Å². The van der Waals surface area contributed by atoms with Gasteiger partial charge in [-0.25, -0.2) is 8.42 Å². The third-order valence-electron chi connectivity index (χ3n) is 4.65. The van der Waals surface area contributed by atoms with E-state index >= 15 is 0 Å². The van der Waals surface area contributed by atoms with Crippen molar-refractivity contribution in [2.75, 3.05) is 44.8 Å². The van der Waals surface area contributed by atoms with Crippen LogP contribution in [-0.2, 0) is 29.0 Å². The molecule has 0 bridgehead atoms. The van der Waals surface area contributed by atoms with E-state index in [4.69, 9.17) is 18.9 Å². The Balaban J connectivity index is 1.66. The van der Waals surface area contributed by atoms with Crippen molar-refractivity contribution in [1.29, 1.82) is 0 Å². The van der Waals surface area contributed by atoms with E-state index in [2.05, 4.69) is 5.32 Å². The van der Waals surface area contributed by atoms with Crippen LogP contribution in [0.3, 0.4) is 0 Å². The highest BCUT2D eigenvalue weighted by Gasteiger charge is 2.28. The van der Waals surface area contributed by atoms with Crippen molar-refractivity contribution < 1.29 is 32.2 Å². The summed E-state index contributed by atoms with van der Waals surface area (Å²) in [5.41, 5.74) is 0.193. The molecule has 0 unspecified atom stereocenters. The first-order valence-corrected chi connectivity index (χ1v) is 11.2. The maximum atomic E-state index is 13.1. The van der Waals surface area contributed by atoms with Crippen LogP contribution in [0.5, 0.6) is 11.5 Å². The average Bonchev–Trinajstić information content (AvgIpc) is 2.82. The minimum Gasteiger partial charge on any atom is -0.494 e. The number of sulfonamides is 1. The smallest absolute Gasteiger partial charge is 0.294 e. The largest absolute Gasteiger partial charge is 0.494 e. The van der Waals surface area contributed by atoms with Gasteiger partial charge in [0.15, 0.2) is 5.75 Å². The predicted octanol–water partition coefficient (Wildman–Crippen LogP) is 2.33. The molecule has 10 heteroatoms. The van der Waals surface area contributed by atoms with Crippen LogP contribution in [0.4, 0.5) is 5.69 Å². The van der Waals surface area contributed by atoms with Gasteiger partial charge in [0, 0.05) is 13.1 Å². The molecular weight excluding hydrogens is 424 g/mol. The number of amides is 1. The summed E-state index contributed by atoms with van der Waals surface area (Å²) in [7, 11) is -3.76. The highest BCUT2D eigenvalue weighted by Crippen LogP contribution is 2.33. The molecule has 1 amide bonds. The molecule has 4 rings (SSSR count). The topological polar surface area (TPSA) is 103 Å². The normalized spacial score (nSPS) is 17.1. The molecule has 0 saturated carbocycles. The van der Waals surface area contributed by atoms with Crippen molar-refractivity contribution >= 4 is 21.6 Å². The second-order valence-electron chi connectivity index (χ2n) is 6.75. The molecule has 2 heterocycles. The fourth-order valence-electron chi connectivity index (χ4n) is 3.08. The van der Waals surface area contributed by atoms with E-state index in [0.717, 1.165) is 0 Å². The quantitative estimate of drug-likeness (QED) is 0.726. The predicted molar refractivity (Wildman–Crippen MR) is 111 cm³/mol. The molecular formula is C21H22N2O7S. The Morgan fingerprint density at radius 3 is 2.48 bits per heavy atom.